The second-order valence-corrected chi connectivity index (χ2v) is 5.24. The van der Waals surface area contributed by atoms with Crippen LogP contribution in [0.25, 0.3) is 0 Å². The first kappa shape index (κ1) is 14.9. The fourth-order valence-corrected chi connectivity index (χ4v) is 2.67. The third-order valence-electron chi connectivity index (χ3n) is 3.12. The molecule has 1 aromatic carbocycles. The van der Waals surface area contributed by atoms with Crippen molar-refractivity contribution in [3.63, 3.8) is 0 Å². The van der Waals surface area contributed by atoms with Gasteiger partial charge >= 0.3 is 5.97 Å². The first-order valence-corrected chi connectivity index (χ1v) is 6.85. The lowest BCUT2D eigenvalue weighted by molar-refractivity contribution is -0.148. The zero-order chi connectivity index (χ0) is 14.7. The number of halogens is 2. The smallest absolute Gasteiger partial charge is 0.326 e. The molecule has 1 N–H and O–H groups in total. The van der Waals surface area contributed by atoms with Crippen molar-refractivity contribution in [1.82, 2.24) is 4.90 Å². The Bertz CT molecular complexity index is 515. The van der Waals surface area contributed by atoms with Crippen molar-refractivity contribution in [2.75, 3.05) is 13.2 Å². The van der Waals surface area contributed by atoms with Gasteiger partial charge in [-0.2, -0.15) is 0 Å². The number of carboxylic acids is 1. The van der Waals surface area contributed by atoms with E-state index in [1.807, 2.05) is 0 Å². The van der Waals surface area contributed by atoms with Crippen molar-refractivity contribution in [2.45, 2.75) is 18.9 Å². The summed E-state index contributed by atoms with van der Waals surface area (Å²) in [6, 6.07) is 4.10. The number of nitrogens with zero attached hydrogens (tertiary/aromatic N) is 1. The predicted molar refractivity (Wildman–Crippen MR) is 74.3 cm³/mol. The Morgan fingerprint density at radius 3 is 2.60 bits per heavy atom. The maximum atomic E-state index is 12.0. The van der Waals surface area contributed by atoms with E-state index in [-0.39, 0.29) is 18.3 Å². The molecule has 108 valence electrons. The molecule has 0 aliphatic carbocycles. The third-order valence-corrected chi connectivity index (χ3v) is 3.71. The summed E-state index contributed by atoms with van der Waals surface area (Å²) >= 11 is 11.8. The van der Waals surface area contributed by atoms with E-state index in [9.17, 15) is 9.59 Å². The number of ether oxygens (including phenoxy) is 1. The molecule has 1 amide bonds. The highest BCUT2D eigenvalue weighted by atomic mass is 35.5. The zero-order valence-corrected chi connectivity index (χ0v) is 12.0. The Morgan fingerprint density at radius 2 is 2.00 bits per heavy atom. The van der Waals surface area contributed by atoms with Crippen molar-refractivity contribution in [2.24, 2.45) is 0 Å². The van der Waals surface area contributed by atoms with Gasteiger partial charge < -0.3 is 14.7 Å². The zero-order valence-electron chi connectivity index (χ0n) is 10.5. The van der Waals surface area contributed by atoms with Gasteiger partial charge in [0.2, 0.25) is 0 Å². The molecule has 1 atom stereocenters. The van der Waals surface area contributed by atoms with Crippen molar-refractivity contribution < 1.29 is 19.4 Å². The van der Waals surface area contributed by atoms with Crippen LogP contribution in [0.5, 0.6) is 5.75 Å². The summed E-state index contributed by atoms with van der Waals surface area (Å²) in [6.07, 6.45) is 1.14. The number of likely N-dealkylation sites (tertiary alicyclic amines) is 1. The second kappa shape index (κ2) is 6.33. The lowest BCUT2D eigenvalue weighted by Crippen LogP contribution is -2.42. The second-order valence-electron chi connectivity index (χ2n) is 4.42. The van der Waals surface area contributed by atoms with Crippen LogP contribution in [0.2, 0.25) is 10.0 Å². The summed E-state index contributed by atoms with van der Waals surface area (Å²) < 4.78 is 5.32. The number of hydrogen-bond acceptors (Lipinski definition) is 3. The Labute approximate surface area is 126 Å². The molecule has 1 fully saturated rings. The molecule has 7 heteroatoms. The molecule has 1 aromatic rings. The standard InChI is InChI=1S/C13H13Cl2NO4/c14-8-3-1-4-9(15)12(8)20-7-11(17)16-6-2-5-10(16)13(18)19/h1,3-4,10H,2,5-7H2,(H,18,19)/t10-/m1/s1. The average molecular weight is 318 g/mol. The predicted octanol–water partition coefficient (Wildman–Crippen LogP) is 2.45. The van der Waals surface area contributed by atoms with Gasteiger partial charge in [-0.25, -0.2) is 4.79 Å². The summed E-state index contributed by atoms with van der Waals surface area (Å²) in [6.45, 7) is 0.142. The number of benzene rings is 1. The van der Waals surface area contributed by atoms with Gasteiger partial charge in [0.25, 0.3) is 5.91 Å². The van der Waals surface area contributed by atoms with E-state index in [0.29, 0.717) is 29.4 Å². The molecular weight excluding hydrogens is 305 g/mol. The van der Waals surface area contributed by atoms with Gasteiger partial charge in [0.15, 0.2) is 12.4 Å². The van der Waals surface area contributed by atoms with Crippen LogP contribution in [0.1, 0.15) is 12.8 Å². The van der Waals surface area contributed by atoms with E-state index in [1.54, 1.807) is 18.2 Å². The van der Waals surface area contributed by atoms with E-state index in [4.69, 9.17) is 33.0 Å². The van der Waals surface area contributed by atoms with Crippen LogP contribution in [0.15, 0.2) is 18.2 Å². The molecule has 20 heavy (non-hydrogen) atoms. The van der Waals surface area contributed by atoms with Crippen molar-refractivity contribution in [3.8, 4) is 5.75 Å². The van der Waals surface area contributed by atoms with Crippen LogP contribution in [0.3, 0.4) is 0 Å². The Kier molecular flexibility index (Phi) is 4.73. The van der Waals surface area contributed by atoms with Crippen molar-refractivity contribution in [1.29, 1.82) is 0 Å². The first-order valence-electron chi connectivity index (χ1n) is 6.10. The van der Waals surface area contributed by atoms with Gasteiger partial charge in [-0.05, 0) is 25.0 Å². The minimum absolute atomic E-state index is 0.232. The normalized spacial score (nSPS) is 18.1. The number of hydrogen-bond donors (Lipinski definition) is 1. The fourth-order valence-electron chi connectivity index (χ4n) is 2.16. The van der Waals surface area contributed by atoms with Crippen LogP contribution < -0.4 is 4.74 Å². The summed E-state index contributed by atoms with van der Waals surface area (Å²) in [5.74, 6) is -1.15. The van der Waals surface area contributed by atoms with E-state index in [2.05, 4.69) is 0 Å². The van der Waals surface area contributed by atoms with Gasteiger partial charge in [0, 0.05) is 6.54 Å². The molecule has 0 saturated carbocycles. The molecule has 0 spiro atoms. The number of para-hydroxylation sites is 1. The fraction of sp³-hybridized carbons (Fsp3) is 0.385. The molecule has 0 radical (unpaired) electrons. The SMILES string of the molecule is O=C(O)[C@H]1CCCN1C(=O)COc1c(Cl)cccc1Cl. The highest BCUT2D eigenvalue weighted by molar-refractivity contribution is 6.37. The van der Waals surface area contributed by atoms with Gasteiger partial charge in [-0.3, -0.25) is 4.79 Å². The van der Waals surface area contributed by atoms with Gasteiger partial charge in [-0.15, -0.1) is 0 Å². The van der Waals surface area contributed by atoms with Gasteiger partial charge in [0.05, 0.1) is 10.0 Å². The largest absolute Gasteiger partial charge is 0.481 e. The van der Waals surface area contributed by atoms with E-state index >= 15 is 0 Å². The van der Waals surface area contributed by atoms with Crippen LogP contribution in [0, 0.1) is 0 Å². The lowest BCUT2D eigenvalue weighted by Gasteiger charge is -2.21. The Balaban J connectivity index is 2.00. The molecule has 1 saturated heterocycles. The highest BCUT2D eigenvalue weighted by Crippen LogP contribution is 2.32. The molecule has 0 unspecified atom stereocenters. The maximum absolute atomic E-state index is 12.0. The van der Waals surface area contributed by atoms with Crippen LogP contribution >= 0.6 is 23.2 Å². The van der Waals surface area contributed by atoms with Crippen LogP contribution in [-0.2, 0) is 9.59 Å². The van der Waals surface area contributed by atoms with Gasteiger partial charge in [-0.1, -0.05) is 29.3 Å². The minimum Gasteiger partial charge on any atom is -0.481 e. The number of carbonyl (C=O) groups excluding carboxylic acids is 1. The first-order chi connectivity index (χ1) is 9.50. The Hall–Kier alpha value is -1.46. The molecular formula is C13H13Cl2NO4. The average Bonchev–Trinajstić information content (AvgIpc) is 2.87. The summed E-state index contributed by atoms with van der Waals surface area (Å²) in [5.41, 5.74) is 0. The molecule has 1 aliphatic heterocycles. The van der Waals surface area contributed by atoms with E-state index in [1.165, 1.54) is 4.90 Å². The van der Waals surface area contributed by atoms with Crippen molar-refractivity contribution in [3.05, 3.63) is 28.2 Å². The summed E-state index contributed by atoms with van der Waals surface area (Å²) in [7, 11) is 0. The van der Waals surface area contributed by atoms with Crippen LogP contribution in [-0.4, -0.2) is 41.1 Å². The Morgan fingerprint density at radius 1 is 1.35 bits per heavy atom. The van der Waals surface area contributed by atoms with E-state index < -0.39 is 12.0 Å². The van der Waals surface area contributed by atoms with Crippen LogP contribution in [0.4, 0.5) is 0 Å². The van der Waals surface area contributed by atoms with Crippen molar-refractivity contribution >= 4 is 35.1 Å². The number of aliphatic carboxylic acids is 1. The molecule has 5 nitrogen and oxygen atoms in total. The van der Waals surface area contributed by atoms with Gasteiger partial charge in [0.1, 0.15) is 6.04 Å². The summed E-state index contributed by atoms with van der Waals surface area (Å²) in [5, 5.41) is 9.64. The number of carboxylic acid groups (broad SMARTS) is 1. The highest BCUT2D eigenvalue weighted by Gasteiger charge is 2.34. The molecule has 1 aliphatic rings. The molecule has 0 aromatic heterocycles. The van der Waals surface area contributed by atoms with E-state index in [0.717, 1.165) is 0 Å². The summed E-state index contributed by atoms with van der Waals surface area (Å²) in [4.78, 5) is 24.3. The minimum atomic E-state index is -0.994. The monoisotopic (exact) mass is 317 g/mol. The molecule has 0 bridgehead atoms. The topological polar surface area (TPSA) is 66.8 Å². The maximum Gasteiger partial charge on any atom is 0.326 e. The number of amides is 1. The number of carbonyl (C=O) groups is 2. The lowest BCUT2D eigenvalue weighted by atomic mass is 10.2. The number of rotatable bonds is 4. The molecule has 2 rings (SSSR count). The third kappa shape index (κ3) is 3.16. The molecule has 1 heterocycles. The quantitative estimate of drug-likeness (QED) is 0.926.